The van der Waals surface area contributed by atoms with Gasteiger partial charge in [0.05, 0.1) is 18.6 Å². The van der Waals surface area contributed by atoms with Gasteiger partial charge in [-0.3, -0.25) is 4.79 Å². The molecule has 0 saturated carbocycles. The Hall–Kier alpha value is -0.520. The molecule has 1 rings (SSSR count). The van der Waals surface area contributed by atoms with Gasteiger partial charge in [-0.05, 0) is 52.7 Å². The zero-order chi connectivity index (χ0) is 14.1. The van der Waals surface area contributed by atoms with E-state index in [1.165, 1.54) is 19.1 Å². The molecule has 1 aromatic carbocycles. The van der Waals surface area contributed by atoms with Crippen LogP contribution < -0.4 is 0 Å². The number of benzene rings is 1. The maximum Gasteiger partial charge on any atom is 0.335 e. The van der Waals surface area contributed by atoms with Gasteiger partial charge < -0.3 is 9.63 Å². The lowest BCUT2D eigenvalue weighted by Gasteiger charge is -2.05. The monoisotopic (exact) mass is 382 g/mol. The molecule has 0 aliphatic carbocycles. The number of halogens is 1. The minimum absolute atomic E-state index is 0.114. The number of carboxylic acids is 1. The van der Waals surface area contributed by atoms with Gasteiger partial charge in [0.2, 0.25) is 0 Å². The number of hydrogen-bond acceptors (Lipinski definition) is 3. The van der Waals surface area contributed by atoms with Crippen LogP contribution in [0.25, 0.3) is 0 Å². The summed E-state index contributed by atoms with van der Waals surface area (Å²) in [7, 11) is 0. The van der Waals surface area contributed by atoms with E-state index in [9.17, 15) is 9.59 Å². The van der Waals surface area contributed by atoms with E-state index in [0.29, 0.717) is 24.2 Å². The molecule has 0 spiro atoms. The molecular formula is C12H16IO4P. The molecule has 0 aliphatic rings. The first-order valence-corrected chi connectivity index (χ1v) is 9.42. The molecule has 0 bridgehead atoms. The van der Waals surface area contributed by atoms with Gasteiger partial charge in [0.25, 0.3) is 0 Å². The van der Waals surface area contributed by atoms with Gasteiger partial charge in [-0.1, -0.05) is 13.8 Å². The molecule has 1 atom stereocenters. The molecule has 1 aromatic rings. The average molecular weight is 382 g/mol. The van der Waals surface area contributed by atoms with Gasteiger partial charge in [0.15, 0.2) is 5.78 Å². The first-order valence-electron chi connectivity index (χ1n) is 5.40. The normalized spacial score (nSPS) is 10.0. The van der Waals surface area contributed by atoms with Crippen LogP contribution in [0, 0.1) is 0 Å². The maximum atomic E-state index is 11.2. The van der Waals surface area contributed by atoms with Gasteiger partial charge in [-0.2, -0.15) is 0 Å². The van der Waals surface area contributed by atoms with Crippen molar-refractivity contribution in [2.24, 2.45) is 0 Å². The summed E-state index contributed by atoms with van der Waals surface area (Å²) in [6, 6.07) is 4.55. The number of carboxylic acid groups (broad SMARTS) is 1. The van der Waals surface area contributed by atoms with Crippen LogP contribution in [0.5, 0.6) is 0 Å². The molecule has 0 heterocycles. The quantitative estimate of drug-likeness (QED) is 0.474. The molecule has 0 amide bonds. The number of hydrogen-bond donors (Lipinski definition) is 1. The summed E-state index contributed by atoms with van der Waals surface area (Å²) in [5, 5.41) is 8.89. The van der Waals surface area contributed by atoms with Crippen molar-refractivity contribution in [1.29, 1.82) is 0 Å². The number of aromatic carboxylic acids is 1. The Kier molecular flexibility index (Phi) is 9.14. The fraction of sp³-hybridized carbons (Fsp3) is 0.333. The van der Waals surface area contributed by atoms with Crippen LogP contribution in [-0.2, 0) is 11.1 Å². The lowest BCUT2D eigenvalue weighted by molar-refractivity contribution is 0.0696. The Bertz CT molecular complexity index is 388. The van der Waals surface area contributed by atoms with Crippen LogP contribution >= 0.6 is 28.5 Å². The van der Waals surface area contributed by atoms with Crippen molar-refractivity contribution in [1.82, 2.24) is 0 Å². The third-order valence-corrected chi connectivity index (χ3v) is 3.13. The van der Waals surface area contributed by atoms with Crippen LogP contribution in [0.3, 0.4) is 0 Å². The van der Waals surface area contributed by atoms with E-state index in [1.54, 1.807) is 6.07 Å². The summed E-state index contributed by atoms with van der Waals surface area (Å²) in [6.07, 6.45) is 0. The highest BCUT2D eigenvalue weighted by Crippen LogP contribution is 2.24. The van der Waals surface area contributed by atoms with Crippen molar-refractivity contribution in [3.05, 3.63) is 34.9 Å². The first kappa shape index (κ1) is 17.5. The van der Waals surface area contributed by atoms with Gasteiger partial charge >= 0.3 is 5.97 Å². The molecule has 4 nitrogen and oxygen atoms in total. The van der Waals surface area contributed by atoms with Gasteiger partial charge in [-0.15, -0.1) is 0 Å². The number of Topliss-reactive ketones (excluding diaryl/α,β-unsaturated/α-hetero) is 1. The van der Waals surface area contributed by atoms with Crippen LogP contribution in [0.4, 0.5) is 0 Å². The largest absolute Gasteiger partial charge is 0.478 e. The Morgan fingerprint density at radius 2 is 1.83 bits per heavy atom. The fourth-order valence-electron chi connectivity index (χ4n) is 1.21. The topological polar surface area (TPSA) is 63.6 Å². The maximum absolute atomic E-state index is 11.2. The Labute approximate surface area is 121 Å². The zero-order valence-corrected chi connectivity index (χ0v) is 13.6. The minimum Gasteiger partial charge on any atom is -0.478 e. The van der Waals surface area contributed by atoms with Crippen LogP contribution in [0.2, 0.25) is 0 Å². The Balaban J connectivity index is 0.00000137. The predicted octanol–water partition coefficient (Wildman–Crippen LogP) is 4.07. The number of ketones is 1. The lowest BCUT2D eigenvalue weighted by Crippen LogP contribution is -2.02. The molecule has 0 radical (unpaired) electrons. The molecule has 0 fully saturated rings. The summed E-state index contributed by atoms with van der Waals surface area (Å²) in [5.74, 6) is -1.19. The van der Waals surface area contributed by atoms with E-state index in [-0.39, 0.29) is 11.3 Å². The Morgan fingerprint density at radius 3 is 2.28 bits per heavy atom. The molecule has 18 heavy (non-hydrogen) atoms. The summed E-state index contributed by atoms with van der Waals surface area (Å²) >= 11 is 2.08. The smallest absolute Gasteiger partial charge is 0.335 e. The van der Waals surface area contributed by atoms with E-state index in [0.717, 1.165) is 0 Å². The molecular weight excluding hydrogens is 366 g/mol. The summed E-state index contributed by atoms with van der Waals surface area (Å²) in [6.45, 7) is 6.03. The second-order valence-corrected chi connectivity index (χ2v) is 4.91. The van der Waals surface area contributed by atoms with E-state index in [2.05, 4.69) is 22.0 Å². The third kappa shape index (κ3) is 5.89. The highest BCUT2D eigenvalue weighted by atomic mass is 127. The van der Waals surface area contributed by atoms with Gasteiger partial charge in [-0.25, -0.2) is 4.79 Å². The summed E-state index contributed by atoms with van der Waals surface area (Å²) in [4.78, 5) is 22.1. The second kappa shape index (κ2) is 9.42. The molecule has 1 N–H and O–H groups in total. The average Bonchev–Trinajstić information content (AvgIpc) is 2.38. The molecule has 0 aliphatic heterocycles. The van der Waals surface area contributed by atoms with Crippen LogP contribution in [0.1, 0.15) is 47.1 Å². The molecule has 100 valence electrons. The standard InChI is InChI=1S/C10H10IO4P.C2H6/c1-6(12)8-2-7(5-15-16-11)3-9(4-8)10(13)14;1-2/h2-4,16H,5H2,1H3,(H,13,14);1-2H3. The van der Waals surface area contributed by atoms with E-state index >= 15 is 0 Å². The first-order chi connectivity index (χ1) is 8.54. The number of rotatable bonds is 5. The van der Waals surface area contributed by atoms with E-state index < -0.39 is 5.97 Å². The summed E-state index contributed by atoms with van der Waals surface area (Å²) < 4.78 is 5.20. The van der Waals surface area contributed by atoms with Crippen molar-refractivity contribution in [3.63, 3.8) is 0 Å². The number of carbonyl (C=O) groups is 2. The van der Waals surface area contributed by atoms with Crippen LogP contribution in [-0.4, -0.2) is 16.9 Å². The van der Waals surface area contributed by atoms with Gasteiger partial charge in [0.1, 0.15) is 0 Å². The fourth-order valence-corrected chi connectivity index (χ4v) is 1.90. The van der Waals surface area contributed by atoms with Crippen molar-refractivity contribution in [3.8, 4) is 0 Å². The van der Waals surface area contributed by atoms with Crippen molar-refractivity contribution < 1.29 is 19.2 Å². The molecule has 6 heteroatoms. The van der Waals surface area contributed by atoms with Crippen molar-refractivity contribution in [2.45, 2.75) is 27.4 Å². The highest BCUT2D eigenvalue weighted by Gasteiger charge is 2.09. The van der Waals surface area contributed by atoms with E-state index in [1.807, 2.05) is 13.8 Å². The van der Waals surface area contributed by atoms with Crippen LogP contribution in [0.15, 0.2) is 18.2 Å². The third-order valence-electron chi connectivity index (χ3n) is 1.94. The molecule has 0 saturated heterocycles. The second-order valence-electron chi connectivity index (χ2n) is 3.15. The molecule has 1 unspecified atom stereocenters. The van der Waals surface area contributed by atoms with Crippen molar-refractivity contribution >= 4 is 40.2 Å². The van der Waals surface area contributed by atoms with Crippen molar-refractivity contribution in [2.75, 3.05) is 0 Å². The number of carbonyl (C=O) groups excluding carboxylic acids is 1. The molecule has 0 aromatic heterocycles. The SMILES string of the molecule is CC.CC(=O)c1cc(COPI)cc(C(=O)O)c1. The highest BCUT2D eigenvalue weighted by molar-refractivity contribution is 14.2. The zero-order valence-electron chi connectivity index (χ0n) is 10.5. The predicted molar refractivity (Wildman–Crippen MR) is 81.9 cm³/mol. The summed E-state index contributed by atoms with van der Waals surface area (Å²) in [5.41, 5.74) is 1.22. The minimum atomic E-state index is -1.04. The Morgan fingerprint density at radius 1 is 1.28 bits per heavy atom. The lowest BCUT2D eigenvalue weighted by atomic mass is 10.0. The van der Waals surface area contributed by atoms with E-state index in [4.69, 9.17) is 9.63 Å². The van der Waals surface area contributed by atoms with Gasteiger partial charge in [0, 0.05) is 5.56 Å².